The third kappa shape index (κ3) is 8.73. The molecular formula is C32H20N10O8. The zero-order chi connectivity index (χ0) is 35.6. The number of nitrogens with zero attached hydrogens (tertiary/aromatic N) is 10. The number of hydrogen-bond acceptors (Lipinski definition) is 14. The molecule has 0 aromatic carbocycles. The molecule has 0 atom stereocenters. The van der Waals surface area contributed by atoms with Crippen LogP contribution in [0.4, 0.5) is 22.7 Å². The monoisotopic (exact) mass is 672 g/mol. The Hall–Kier alpha value is -7.76. The Kier molecular flexibility index (Phi) is 10.2. The minimum absolute atomic E-state index is 0.189. The zero-order valence-electron chi connectivity index (χ0n) is 25.3. The van der Waals surface area contributed by atoms with Gasteiger partial charge in [0.25, 0.3) is 22.7 Å². The van der Waals surface area contributed by atoms with Crippen LogP contribution in [0, 0.1) is 40.5 Å². The second-order valence-corrected chi connectivity index (χ2v) is 9.88. The maximum Gasteiger partial charge on any atom is 0.273 e. The lowest BCUT2D eigenvalue weighted by Crippen LogP contribution is -2.00. The van der Waals surface area contributed by atoms with Gasteiger partial charge in [-0.2, -0.15) is 0 Å². The first-order chi connectivity index (χ1) is 24.0. The van der Waals surface area contributed by atoms with Gasteiger partial charge in [0.15, 0.2) is 0 Å². The van der Waals surface area contributed by atoms with E-state index in [1.807, 2.05) is 0 Å². The van der Waals surface area contributed by atoms with Gasteiger partial charge in [-0.05, 0) is 48.6 Å². The molecule has 0 amide bonds. The fraction of sp³-hybridized carbons (Fsp3) is 0. The van der Waals surface area contributed by atoms with Crippen molar-refractivity contribution in [1.82, 2.24) is 29.9 Å². The van der Waals surface area contributed by atoms with E-state index in [0.29, 0.717) is 0 Å². The van der Waals surface area contributed by atoms with Crippen LogP contribution in [0.15, 0.2) is 73.3 Å². The lowest BCUT2D eigenvalue weighted by Gasteiger charge is -2.07. The molecule has 0 unspecified atom stereocenters. The molecule has 0 spiro atoms. The molecule has 18 heteroatoms. The first kappa shape index (κ1) is 33.6. The van der Waals surface area contributed by atoms with Crippen molar-refractivity contribution in [3.8, 4) is 0 Å². The quantitative estimate of drug-likeness (QED) is 0.103. The Bertz CT molecular complexity index is 1960. The fourth-order valence-corrected chi connectivity index (χ4v) is 4.20. The summed E-state index contributed by atoms with van der Waals surface area (Å²) >= 11 is 0. The standard InChI is InChI=1S/C32H20N10O8/c43-39(44)25-9-13-33-21(17-25)1-5-29-30(6-2-22-18-26(40(45)46)10-14-34-22)38-32(8-4-24-20-28(42(49)50)12-16-36-24)31(37-29)7-3-23-19-27(41(47)48)11-15-35-23/h1-20H. The molecule has 0 aliphatic rings. The highest BCUT2D eigenvalue weighted by atomic mass is 16.6. The van der Waals surface area contributed by atoms with Crippen LogP contribution >= 0.6 is 0 Å². The summed E-state index contributed by atoms with van der Waals surface area (Å²) in [6.45, 7) is 0. The summed E-state index contributed by atoms with van der Waals surface area (Å²) in [7, 11) is 0. The van der Waals surface area contributed by atoms with Gasteiger partial charge >= 0.3 is 0 Å². The van der Waals surface area contributed by atoms with Crippen LogP contribution in [0.2, 0.25) is 0 Å². The summed E-state index contributed by atoms with van der Waals surface area (Å²) in [5.41, 5.74) is 1.05. The van der Waals surface area contributed by atoms with Crippen LogP contribution in [-0.4, -0.2) is 49.6 Å². The molecule has 0 N–H and O–H groups in total. The van der Waals surface area contributed by atoms with Gasteiger partial charge in [0.2, 0.25) is 0 Å². The summed E-state index contributed by atoms with van der Waals surface area (Å²) < 4.78 is 0. The predicted octanol–water partition coefficient (Wildman–Crippen LogP) is 6.37. The maximum atomic E-state index is 11.3. The van der Waals surface area contributed by atoms with Crippen molar-refractivity contribution in [1.29, 1.82) is 0 Å². The van der Waals surface area contributed by atoms with Gasteiger partial charge in [-0.3, -0.25) is 60.4 Å². The highest BCUT2D eigenvalue weighted by Gasteiger charge is 2.12. The molecule has 0 aliphatic heterocycles. The Morgan fingerprint density at radius 2 is 0.600 bits per heavy atom. The van der Waals surface area contributed by atoms with Gasteiger partial charge in [-0.1, -0.05) is 0 Å². The minimum atomic E-state index is -0.568. The van der Waals surface area contributed by atoms with Gasteiger partial charge in [-0.25, -0.2) is 9.97 Å². The van der Waals surface area contributed by atoms with Crippen molar-refractivity contribution in [2.24, 2.45) is 0 Å². The van der Waals surface area contributed by atoms with E-state index in [1.165, 1.54) is 122 Å². The van der Waals surface area contributed by atoms with Crippen molar-refractivity contribution in [3.05, 3.63) is 159 Å². The van der Waals surface area contributed by atoms with E-state index in [-0.39, 0.29) is 68.3 Å². The Labute approximate surface area is 280 Å². The lowest BCUT2D eigenvalue weighted by molar-refractivity contribution is -0.385. The second kappa shape index (κ2) is 15.2. The summed E-state index contributed by atoms with van der Waals surface area (Å²) in [4.78, 5) is 68.9. The smallest absolute Gasteiger partial charge is 0.258 e. The third-order valence-corrected chi connectivity index (χ3v) is 6.56. The third-order valence-electron chi connectivity index (χ3n) is 6.56. The second-order valence-electron chi connectivity index (χ2n) is 9.88. The van der Waals surface area contributed by atoms with Gasteiger partial charge in [0.1, 0.15) is 0 Å². The Morgan fingerprint density at radius 1 is 0.380 bits per heavy atom. The average molecular weight is 673 g/mol. The molecule has 5 rings (SSSR count). The average Bonchev–Trinajstić information content (AvgIpc) is 3.12. The van der Waals surface area contributed by atoms with Gasteiger partial charge in [0.05, 0.1) is 65.2 Å². The van der Waals surface area contributed by atoms with E-state index in [1.54, 1.807) is 0 Å². The van der Waals surface area contributed by atoms with Crippen LogP contribution < -0.4 is 0 Å². The zero-order valence-corrected chi connectivity index (χ0v) is 25.3. The summed E-state index contributed by atoms with van der Waals surface area (Å²) in [5.74, 6) is 0. The Morgan fingerprint density at radius 3 is 0.800 bits per heavy atom. The highest BCUT2D eigenvalue weighted by Crippen LogP contribution is 2.22. The number of nitro groups is 4. The van der Waals surface area contributed by atoms with Crippen LogP contribution in [0.25, 0.3) is 48.6 Å². The number of hydrogen-bond donors (Lipinski definition) is 0. The normalized spacial score (nSPS) is 11.5. The molecule has 0 fully saturated rings. The molecular weight excluding hydrogens is 652 g/mol. The molecule has 0 bridgehead atoms. The molecule has 0 saturated carbocycles. The van der Waals surface area contributed by atoms with E-state index in [2.05, 4.69) is 19.9 Å². The minimum Gasteiger partial charge on any atom is -0.258 e. The largest absolute Gasteiger partial charge is 0.273 e. The molecule has 5 heterocycles. The van der Waals surface area contributed by atoms with Crippen LogP contribution in [0.3, 0.4) is 0 Å². The van der Waals surface area contributed by atoms with E-state index in [9.17, 15) is 40.5 Å². The molecule has 246 valence electrons. The first-order valence-electron chi connectivity index (χ1n) is 14.1. The van der Waals surface area contributed by atoms with Gasteiger partial charge in [-0.15, -0.1) is 0 Å². The van der Waals surface area contributed by atoms with Crippen LogP contribution in [0.1, 0.15) is 45.6 Å². The maximum absolute atomic E-state index is 11.3. The van der Waals surface area contributed by atoms with E-state index in [4.69, 9.17) is 9.97 Å². The summed E-state index contributed by atoms with van der Waals surface area (Å²) in [5, 5.41) is 45.2. The van der Waals surface area contributed by atoms with Crippen LogP contribution in [0.5, 0.6) is 0 Å². The summed E-state index contributed by atoms with van der Waals surface area (Å²) in [6, 6.07) is 9.96. The van der Waals surface area contributed by atoms with Crippen molar-refractivity contribution >= 4 is 71.4 Å². The number of rotatable bonds is 12. The van der Waals surface area contributed by atoms with Crippen LogP contribution in [-0.2, 0) is 0 Å². The molecule has 50 heavy (non-hydrogen) atoms. The van der Waals surface area contributed by atoms with Crippen molar-refractivity contribution in [3.63, 3.8) is 0 Å². The molecule has 0 radical (unpaired) electrons. The van der Waals surface area contributed by atoms with Crippen molar-refractivity contribution in [2.45, 2.75) is 0 Å². The molecule has 0 aliphatic carbocycles. The van der Waals surface area contributed by atoms with Crippen molar-refractivity contribution in [2.75, 3.05) is 0 Å². The topological polar surface area (TPSA) is 250 Å². The number of aromatic nitrogens is 6. The predicted molar refractivity (Wildman–Crippen MR) is 181 cm³/mol. The summed E-state index contributed by atoms with van der Waals surface area (Å²) in [6.07, 6.45) is 17.0. The highest BCUT2D eigenvalue weighted by molar-refractivity contribution is 5.81. The van der Waals surface area contributed by atoms with E-state index < -0.39 is 19.7 Å². The van der Waals surface area contributed by atoms with Gasteiger partial charge in [0, 0.05) is 73.3 Å². The van der Waals surface area contributed by atoms with E-state index >= 15 is 0 Å². The SMILES string of the molecule is O=[N+]([O-])c1ccnc(C=Cc2nc(C=Cc3cc([N+](=O)[O-])ccn3)c(C=Cc3cc([N+](=O)[O-])ccn3)nc2C=Cc2cc([N+](=O)[O-])ccn2)c1. The Balaban J connectivity index is 1.66. The first-order valence-corrected chi connectivity index (χ1v) is 14.1. The molecule has 18 nitrogen and oxygen atoms in total. The molecule has 5 aromatic heterocycles. The molecule has 5 aromatic rings. The fourth-order valence-electron chi connectivity index (χ4n) is 4.20. The van der Waals surface area contributed by atoms with Gasteiger partial charge < -0.3 is 0 Å². The number of pyridine rings is 4. The lowest BCUT2D eigenvalue weighted by atomic mass is 10.1. The molecule has 0 saturated heterocycles. The van der Waals surface area contributed by atoms with E-state index in [0.717, 1.165) is 0 Å². The van der Waals surface area contributed by atoms with Crippen molar-refractivity contribution < 1.29 is 19.7 Å².